The van der Waals surface area contributed by atoms with Crippen molar-refractivity contribution >= 4 is 17.5 Å². The van der Waals surface area contributed by atoms with Crippen LogP contribution in [0, 0.1) is 0 Å². The van der Waals surface area contributed by atoms with Gasteiger partial charge in [-0.2, -0.15) is 0 Å². The number of hydrogen-bond acceptors (Lipinski definition) is 2. The molecule has 0 saturated carbocycles. The van der Waals surface area contributed by atoms with Crippen LogP contribution in [0.15, 0.2) is 54.6 Å². The first kappa shape index (κ1) is 15.1. The SMILES string of the molecule is CNC1CN(C(=O)c2ccccc2)CC1c1ccc(Cl)cc1. The quantitative estimate of drug-likeness (QED) is 0.944. The Morgan fingerprint density at radius 3 is 2.41 bits per heavy atom. The largest absolute Gasteiger partial charge is 0.336 e. The number of amides is 1. The van der Waals surface area contributed by atoms with E-state index < -0.39 is 0 Å². The van der Waals surface area contributed by atoms with Gasteiger partial charge in [-0.05, 0) is 36.9 Å². The van der Waals surface area contributed by atoms with Gasteiger partial charge in [0.15, 0.2) is 0 Å². The van der Waals surface area contributed by atoms with Gasteiger partial charge >= 0.3 is 0 Å². The van der Waals surface area contributed by atoms with Gasteiger partial charge in [-0.3, -0.25) is 4.79 Å². The van der Waals surface area contributed by atoms with Crippen LogP contribution in [0.3, 0.4) is 0 Å². The number of likely N-dealkylation sites (tertiary alicyclic amines) is 1. The average Bonchev–Trinajstić information content (AvgIpc) is 3.00. The van der Waals surface area contributed by atoms with Gasteiger partial charge in [-0.1, -0.05) is 41.9 Å². The summed E-state index contributed by atoms with van der Waals surface area (Å²) in [5.41, 5.74) is 1.96. The third-order valence-electron chi connectivity index (χ3n) is 4.30. The van der Waals surface area contributed by atoms with Crippen molar-refractivity contribution in [2.75, 3.05) is 20.1 Å². The van der Waals surface area contributed by atoms with Crippen LogP contribution in [-0.2, 0) is 0 Å². The van der Waals surface area contributed by atoms with Crippen molar-refractivity contribution in [3.05, 3.63) is 70.7 Å². The van der Waals surface area contributed by atoms with Crippen LogP contribution in [0.1, 0.15) is 21.8 Å². The molecule has 2 aromatic rings. The number of halogens is 1. The smallest absolute Gasteiger partial charge is 0.253 e. The molecule has 3 rings (SSSR count). The van der Waals surface area contributed by atoms with Crippen molar-refractivity contribution in [3.8, 4) is 0 Å². The van der Waals surface area contributed by atoms with Gasteiger partial charge in [0.05, 0.1) is 0 Å². The maximum absolute atomic E-state index is 12.6. The fraction of sp³-hybridized carbons (Fsp3) is 0.278. The van der Waals surface area contributed by atoms with Crippen molar-refractivity contribution in [3.63, 3.8) is 0 Å². The van der Waals surface area contributed by atoms with Crippen molar-refractivity contribution in [2.45, 2.75) is 12.0 Å². The number of hydrogen-bond donors (Lipinski definition) is 1. The second-order valence-electron chi connectivity index (χ2n) is 5.63. The van der Waals surface area contributed by atoms with Crippen LogP contribution in [0.4, 0.5) is 0 Å². The molecule has 0 spiro atoms. The summed E-state index contributed by atoms with van der Waals surface area (Å²) >= 11 is 5.97. The van der Waals surface area contributed by atoms with E-state index >= 15 is 0 Å². The van der Waals surface area contributed by atoms with E-state index in [0.29, 0.717) is 0 Å². The lowest BCUT2D eigenvalue weighted by atomic mass is 9.94. The van der Waals surface area contributed by atoms with E-state index in [4.69, 9.17) is 11.6 Å². The molecule has 3 nitrogen and oxygen atoms in total. The lowest BCUT2D eigenvalue weighted by Gasteiger charge is -2.17. The summed E-state index contributed by atoms with van der Waals surface area (Å²) in [7, 11) is 1.95. The van der Waals surface area contributed by atoms with Crippen LogP contribution >= 0.6 is 11.6 Å². The maximum atomic E-state index is 12.6. The minimum absolute atomic E-state index is 0.0947. The van der Waals surface area contributed by atoms with Gasteiger partial charge in [-0.15, -0.1) is 0 Å². The zero-order valence-electron chi connectivity index (χ0n) is 12.5. The molecular formula is C18H19ClN2O. The summed E-state index contributed by atoms with van der Waals surface area (Å²) in [5, 5.41) is 4.07. The minimum Gasteiger partial charge on any atom is -0.336 e. The van der Waals surface area contributed by atoms with Gasteiger partial charge < -0.3 is 10.2 Å². The van der Waals surface area contributed by atoms with Crippen LogP contribution in [0.5, 0.6) is 0 Å². The summed E-state index contributed by atoms with van der Waals surface area (Å²) in [6.07, 6.45) is 0. The Kier molecular flexibility index (Phi) is 4.46. The summed E-state index contributed by atoms with van der Waals surface area (Å²) < 4.78 is 0. The Bertz CT molecular complexity index is 642. The minimum atomic E-state index is 0.0947. The van der Waals surface area contributed by atoms with Crippen LogP contribution in [0.25, 0.3) is 0 Å². The molecule has 114 valence electrons. The number of carbonyl (C=O) groups excluding carboxylic acids is 1. The predicted octanol–water partition coefficient (Wildman–Crippen LogP) is 3.17. The highest BCUT2D eigenvalue weighted by Crippen LogP contribution is 2.29. The Labute approximate surface area is 135 Å². The Morgan fingerprint density at radius 1 is 1.09 bits per heavy atom. The zero-order valence-corrected chi connectivity index (χ0v) is 13.3. The maximum Gasteiger partial charge on any atom is 0.253 e. The molecule has 1 N–H and O–H groups in total. The highest BCUT2D eigenvalue weighted by molar-refractivity contribution is 6.30. The van der Waals surface area contributed by atoms with Crippen LogP contribution in [0.2, 0.25) is 5.02 Å². The van der Waals surface area contributed by atoms with Crippen LogP contribution < -0.4 is 5.32 Å². The van der Waals surface area contributed by atoms with Gasteiger partial charge in [0.1, 0.15) is 0 Å². The van der Waals surface area contributed by atoms with E-state index in [1.807, 2.05) is 66.5 Å². The van der Waals surface area contributed by atoms with E-state index in [1.54, 1.807) is 0 Å². The summed E-state index contributed by atoms with van der Waals surface area (Å²) in [6.45, 7) is 1.44. The molecule has 2 unspecified atom stereocenters. The van der Waals surface area contributed by atoms with Gasteiger partial charge in [0.25, 0.3) is 5.91 Å². The third-order valence-corrected chi connectivity index (χ3v) is 4.55. The lowest BCUT2D eigenvalue weighted by molar-refractivity contribution is 0.0788. The molecule has 22 heavy (non-hydrogen) atoms. The van der Waals surface area contributed by atoms with Gasteiger partial charge in [0.2, 0.25) is 0 Å². The molecule has 1 aliphatic rings. The van der Waals surface area contributed by atoms with Gasteiger partial charge in [-0.25, -0.2) is 0 Å². The van der Waals surface area contributed by atoms with Crippen molar-refractivity contribution in [2.24, 2.45) is 0 Å². The third kappa shape index (κ3) is 3.01. The normalized spacial score (nSPS) is 21.1. The predicted molar refractivity (Wildman–Crippen MR) is 89.4 cm³/mol. The van der Waals surface area contributed by atoms with E-state index in [2.05, 4.69) is 5.32 Å². The molecule has 0 bridgehead atoms. The summed E-state index contributed by atoms with van der Waals surface area (Å²) in [4.78, 5) is 14.5. The number of carbonyl (C=O) groups is 1. The zero-order chi connectivity index (χ0) is 15.5. The van der Waals surface area contributed by atoms with E-state index in [-0.39, 0.29) is 17.9 Å². The topological polar surface area (TPSA) is 32.3 Å². The lowest BCUT2D eigenvalue weighted by Crippen LogP contribution is -2.34. The molecule has 0 aliphatic carbocycles. The molecule has 1 amide bonds. The first-order valence-electron chi connectivity index (χ1n) is 7.46. The van der Waals surface area contributed by atoms with E-state index in [9.17, 15) is 4.79 Å². The van der Waals surface area contributed by atoms with Crippen molar-refractivity contribution in [1.29, 1.82) is 0 Å². The van der Waals surface area contributed by atoms with Crippen molar-refractivity contribution in [1.82, 2.24) is 10.2 Å². The molecule has 1 saturated heterocycles. The van der Waals surface area contributed by atoms with Gasteiger partial charge in [0, 0.05) is 35.6 Å². The van der Waals surface area contributed by atoms with Crippen molar-refractivity contribution < 1.29 is 4.79 Å². The Morgan fingerprint density at radius 2 is 1.77 bits per heavy atom. The first-order chi connectivity index (χ1) is 10.7. The monoisotopic (exact) mass is 314 g/mol. The standard InChI is InChI=1S/C18H19ClN2O/c1-20-17-12-21(18(22)14-5-3-2-4-6-14)11-16(17)13-7-9-15(19)10-8-13/h2-10,16-17,20H,11-12H2,1H3. The summed E-state index contributed by atoms with van der Waals surface area (Å²) in [5.74, 6) is 0.382. The number of nitrogens with one attached hydrogen (secondary N) is 1. The highest BCUT2D eigenvalue weighted by atomic mass is 35.5. The molecule has 1 aliphatic heterocycles. The Balaban J connectivity index is 1.80. The number of likely N-dealkylation sites (N-methyl/N-ethyl adjacent to an activating group) is 1. The number of rotatable bonds is 3. The Hall–Kier alpha value is -1.84. The molecule has 2 aromatic carbocycles. The first-order valence-corrected chi connectivity index (χ1v) is 7.84. The highest BCUT2D eigenvalue weighted by Gasteiger charge is 2.35. The number of nitrogens with zero attached hydrogens (tertiary/aromatic N) is 1. The van der Waals surface area contributed by atoms with E-state index in [1.165, 1.54) is 5.56 Å². The fourth-order valence-corrected chi connectivity index (χ4v) is 3.20. The van der Waals surface area contributed by atoms with Crippen LogP contribution in [-0.4, -0.2) is 37.0 Å². The number of benzene rings is 2. The molecule has 1 fully saturated rings. The fourth-order valence-electron chi connectivity index (χ4n) is 3.07. The molecule has 1 heterocycles. The second-order valence-corrected chi connectivity index (χ2v) is 6.07. The molecule has 0 aromatic heterocycles. The molecule has 0 radical (unpaired) electrons. The second kappa shape index (κ2) is 6.51. The molecule has 4 heteroatoms. The average molecular weight is 315 g/mol. The summed E-state index contributed by atoms with van der Waals surface area (Å²) in [6, 6.07) is 17.6. The molecular weight excluding hydrogens is 296 g/mol. The molecule has 2 atom stereocenters. The van der Waals surface area contributed by atoms with E-state index in [0.717, 1.165) is 23.7 Å².